The van der Waals surface area contributed by atoms with E-state index in [1.807, 2.05) is 30.3 Å². The maximum atomic E-state index is 14.3. The van der Waals surface area contributed by atoms with Crippen LogP contribution in [-0.2, 0) is 49.5 Å². The third-order valence-electron chi connectivity index (χ3n) is 11.0. The molecule has 3 rings (SSSR count). The third kappa shape index (κ3) is 11.6. The fourth-order valence-corrected chi connectivity index (χ4v) is 7.40. The zero-order chi connectivity index (χ0) is 42.8. The number of fused-ring (bicyclic) bond motifs is 1. The van der Waals surface area contributed by atoms with E-state index in [4.69, 9.17) is 15.9 Å². The highest BCUT2D eigenvalue weighted by atomic mass is 16.6. The van der Waals surface area contributed by atoms with E-state index in [0.717, 1.165) is 5.56 Å². The van der Waals surface area contributed by atoms with Crippen molar-refractivity contribution >= 4 is 41.5 Å². The first kappa shape index (κ1) is 46.5. The minimum absolute atomic E-state index is 0.110. The third-order valence-corrected chi connectivity index (χ3v) is 11.0. The maximum Gasteiger partial charge on any atom is 0.329 e. The van der Waals surface area contributed by atoms with Crippen LogP contribution in [0.1, 0.15) is 93.1 Å². The number of amides is 5. The Hall–Kier alpha value is -4.93. The molecule has 2 saturated heterocycles. The van der Waals surface area contributed by atoms with Gasteiger partial charge in [0, 0.05) is 33.5 Å². The van der Waals surface area contributed by atoms with Crippen molar-refractivity contribution in [2.75, 3.05) is 27.2 Å². The standard InChI is InChI=1S/C43H63N5O9/c1-12-13-15-22-32-43(8,9)42(55)45-34(26(2)3)39(52)47(11)35(27(4)5)41(54)57-36(28(6)7)40(53)48-23-18-21-30(48)38(51)46(10)31(24-29-19-16-14-17-20-29)37(50)44-25-33(49)56-32/h1,14,16-17,19-20,26-28,30-32,34-36H,13,15,18,21-25H2,2-11H3,(H,44,50)(H,45,55)/t30-,31-,32?,34?,35?,36-/m0/s1. The van der Waals surface area contributed by atoms with Crippen LogP contribution in [0.15, 0.2) is 30.3 Å². The predicted molar refractivity (Wildman–Crippen MR) is 214 cm³/mol. The number of unbranched alkanes of at least 4 members (excludes halogenated alkanes) is 1. The smallest absolute Gasteiger partial charge is 0.329 e. The molecule has 57 heavy (non-hydrogen) atoms. The Bertz CT molecular complexity index is 1650. The molecule has 2 heterocycles. The summed E-state index contributed by atoms with van der Waals surface area (Å²) in [7, 11) is 2.95. The Balaban J connectivity index is 2.14. The zero-order valence-electron chi connectivity index (χ0n) is 35.3. The number of esters is 2. The number of nitrogens with one attached hydrogen (secondary N) is 2. The monoisotopic (exact) mass is 793 g/mol. The molecule has 6 atom stereocenters. The van der Waals surface area contributed by atoms with Gasteiger partial charge >= 0.3 is 11.9 Å². The van der Waals surface area contributed by atoms with E-state index in [1.54, 1.807) is 55.4 Å². The summed E-state index contributed by atoms with van der Waals surface area (Å²) in [6, 6.07) is 4.85. The SMILES string of the molecule is C#CCCCC1OC(=O)CNC(=O)[C@H](Cc2ccccc2)N(C)C(=O)[C@@H]2CCCN2C(=O)[C@H](C(C)C)OC(=O)C(C(C)C)N(C)C(=O)C(C(C)C)NC(=O)C1(C)C. The first-order valence-corrected chi connectivity index (χ1v) is 20.0. The van der Waals surface area contributed by atoms with E-state index in [0.29, 0.717) is 25.7 Å². The number of benzene rings is 1. The second-order valence-corrected chi connectivity index (χ2v) is 16.8. The van der Waals surface area contributed by atoms with Gasteiger partial charge in [0.2, 0.25) is 23.6 Å². The Morgan fingerprint density at radius 2 is 1.51 bits per heavy atom. The molecule has 314 valence electrons. The van der Waals surface area contributed by atoms with Crippen LogP contribution in [0.5, 0.6) is 0 Å². The highest BCUT2D eigenvalue weighted by Crippen LogP contribution is 2.30. The van der Waals surface area contributed by atoms with Crippen molar-refractivity contribution in [2.45, 2.75) is 130 Å². The molecule has 14 nitrogen and oxygen atoms in total. The Morgan fingerprint density at radius 1 is 0.860 bits per heavy atom. The molecule has 2 N–H and O–H groups in total. The lowest BCUT2D eigenvalue weighted by Gasteiger charge is -2.38. The van der Waals surface area contributed by atoms with Crippen molar-refractivity contribution in [1.82, 2.24) is 25.3 Å². The molecular formula is C43H63N5O9. The van der Waals surface area contributed by atoms with E-state index in [-0.39, 0.29) is 19.4 Å². The molecule has 2 aliphatic heterocycles. The molecule has 0 saturated carbocycles. The van der Waals surface area contributed by atoms with E-state index in [1.165, 1.54) is 28.8 Å². The number of nitrogens with zero attached hydrogens (tertiary/aromatic N) is 3. The Kier molecular flexibility index (Phi) is 16.7. The fourth-order valence-electron chi connectivity index (χ4n) is 7.40. The van der Waals surface area contributed by atoms with Crippen LogP contribution >= 0.6 is 0 Å². The van der Waals surface area contributed by atoms with Gasteiger partial charge in [-0.05, 0) is 62.8 Å². The number of likely N-dealkylation sites (N-methyl/N-ethyl adjacent to an activating group) is 2. The first-order chi connectivity index (χ1) is 26.7. The van der Waals surface area contributed by atoms with Gasteiger partial charge in [0.15, 0.2) is 6.10 Å². The van der Waals surface area contributed by atoms with Gasteiger partial charge in [-0.3, -0.25) is 28.8 Å². The van der Waals surface area contributed by atoms with Gasteiger partial charge in [-0.1, -0.05) is 71.9 Å². The molecule has 0 aliphatic carbocycles. The van der Waals surface area contributed by atoms with Crippen LogP contribution in [0, 0.1) is 35.5 Å². The van der Waals surface area contributed by atoms with E-state index < -0.39 is 108 Å². The number of carbonyl (C=O) groups excluding carboxylic acids is 7. The molecule has 5 amide bonds. The van der Waals surface area contributed by atoms with Crippen molar-refractivity contribution in [3.05, 3.63) is 35.9 Å². The molecule has 2 aliphatic rings. The Morgan fingerprint density at radius 3 is 2.09 bits per heavy atom. The normalized spacial score (nSPS) is 26.3. The van der Waals surface area contributed by atoms with Crippen LogP contribution in [-0.4, -0.2) is 120 Å². The number of terminal acetylenes is 1. The molecule has 0 spiro atoms. The number of rotatable bonds is 8. The van der Waals surface area contributed by atoms with Gasteiger partial charge in [-0.25, -0.2) is 4.79 Å². The lowest BCUT2D eigenvalue weighted by atomic mass is 9.82. The number of ether oxygens (including phenoxy) is 2. The summed E-state index contributed by atoms with van der Waals surface area (Å²) in [5.41, 5.74) is -0.620. The molecule has 2 fully saturated rings. The average Bonchev–Trinajstić information content (AvgIpc) is 3.65. The second kappa shape index (κ2) is 20.5. The highest BCUT2D eigenvalue weighted by molar-refractivity contribution is 5.96. The minimum Gasteiger partial charge on any atom is -0.460 e. The van der Waals surface area contributed by atoms with Crippen LogP contribution in [0.25, 0.3) is 0 Å². The average molecular weight is 794 g/mol. The number of cyclic esters (lactones) is 2. The predicted octanol–water partition coefficient (Wildman–Crippen LogP) is 3.11. The van der Waals surface area contributed by atoms with Gasteiger partial charge in [0.25, 0.3) is 5.91 Å². The summed E-state index contributed by atoms with van der Waals surface area (Å²) in [6.07, 6.45) is 5.16. The van der Waals surface area contributed by atoms with Gasteiger partial charge < -0.3 is 34.8 Å². The molecule has 3 unspecified atom stereocenters. The van der Waals surface area contributed by atoms with Crippen LogP contribution in [0.2, 0.25) is 0 Å². The van der Waals surface area contributed by atoms with Gasteiger partial charge in [-0.15, -0.1) is 12.3 Å². The lowest BCUT2D eigenvalue weighted by Crippen LogP contribution is -2.59. The molecular weight excluding hydrogens is 730 g/mol. The molecule has 1 aromatic rings. The van der Waals surface area contributed by atoms with E-state index >= 15 is 0 Å². The van der Waals surface area contributed by atoms with Crippen LogP contribution < -0.4 is 10.6 Å². The molecule has 1 aromatic carbocycles. The van der Waals surface area contributed by atoms with Crippen molar-refractivity contribution in [1.29, 1.82) is 0 Å². The zero-order valence-corrected chi connectivity index (χ0v) is 35.3. The molecule has 0 bridgehead atoms. The minimum atomic E-state index is -1.38. The molecule has 14 heteroatoms. The van der Waals surface area contributed by atoms with Crippen molar-refractivity contribution in [3.8, 4) is 12.3 Å². The summed E-state index contributed by atoms with van der Waals surface area (Å²) in [5.74, 6) is -3.24. The van der Waals surface area contributed by atoms with Gasteiger partial charge in [0.1, 0.15) is 36.8 Å². The highest BCUT2D eigenvalue weighted by Gasteiger charge is 2.46. The largest absolute Gasteiger partial charge is 0.460 e. The van der Waals surface area contributed by atoms with Gasteiger partial charge in [0.05, 0.1) is 5.41 Å². The molecule has 0 radical (unpaired) electrons. The topological polar surface area (TPSA) is 172 Å². The van der Waals surface area contributed by atoms with E-state index in [2.05, 4.69) is 16.6 Å². The fraction of sp³-hybridized carbons (Fsp3) is 0.651. The summed E-state index contributed by atoms with van der Waals surface area (Å²) in [5, 5.41) is 5.49. The second-order valence-electron chi connectivity index (χ2n) is 16.8. The summed E-state index contributed by atoms with van der Waals surface area (Å²) < 4.78 is 11.9. The van der Waals surface area contributed by atoms with Crippen molar-refractivity contribution in [3.63, 3.8) is 0 Å². The van der Waals surface area contributed by atoms with Crippen molar-refractivity contribution < 1.29 is 43.0 Å². The first-order valence-electron chi connectivity index (χ1n) is 20.0. The number of hydrogen-bond donors (Lipinski definition) is 2. The lowest BCUT2D eigenvalue weighted by molar-refractivity contribution is -0.172. The van der Waals surface area contributed by atoms with E-state index in [9.17, 15) is 33.6 Å². The van der Waals surface area contributed by atoms with Crippen LogP contribution in [0.4, 0.5) is 0 Å². The Labute approximate surface area is 338 Å². The summed E-state index contributed by atoms with van der Waals surface area (Å²) >= 11 is 0. The molecule has 0 aromatic heterocycles. The number of hydrogen-bond acceptors (Lipinski definition) is 9. The van der Waals surface area contributed by atoms with Crippen molar-refractivity contribution in [2.24, 2.45) is 23.2 Å². The maximum absolute atomic E-state index is 14.3. The van der Waals surface area contributed by atoms with Crippen LogP contribution in [0.3, 0.4) is 0 Å². The number of carbonyl (C=O) groups is 7. The van der Waals surface area contributed by atoms with Gasteiger partial charge in [-0.2, -0.15) is 0 Å². The summed E-state index contributed by atoms with van der Waals surface area (Å²) in [6.45, 7) is 13.3. The summed E-state index contributed by atoms with van der Waals surface area (Å²) in [4.78, 5) is 102. The quantitative estimate of drug-likeness (QED) is 0.228.